The van der Waals surface area contributed by atoms with Crippen molar-refractivity contribution in [3.8, 4) is 0 Å². The minimum absolute atomic E-state index is 0.308. The average Bonchev–Trinajstić information content (AvgIpc) is 3.04. The van der Waals surface area contributed by atoms with E-state index in [2.05, 4.69) is 48.8 Å². The van der Waals surface area contributed by atoms with Crippen LogP contribution in [-0.4, -0.2) is 18.8 Å². The molecule has 0 radical (unpaired) electrons. The molecule has 0 bridgehead atoms. The van der Waals surface area contributed by atoms with Crippen LogP contribution in [0, 0.1) is 0 Å². The summed E-state index contributed by atoms with van der Waals surface area (Å²) >= 11 is 1.83. The Bertz CT molecular complexity index is 550. The highest BCUT2D eigenvalue weighted by molar-refractivity contribution is 7.17. The van der Waals surface area contributed by atoms with Crippen molar-refractivity contribution in [1.82, 2.24) is 5.32 Å². The van der Waals surface area contributed by atoms with Gasteiger partial charge in [0.25, 0.3) is 0 Å². The molecule has 102 valence electrons. The van der Waals surface area contributed by atoms with E-state index in [1.165, 1.54) is 22.1 Å². The summed E-state index contributed by atoms with van der Waals surface area (Å²) in [5.74, 6) is 0. The average molecular weight is 275 g/mol. The fourth-order valence-corrected chi connectivity index (χ4v) is 3.96. The van der Waals surface area contributed by atoms with Crippen LogP contribution in [0.1, 0.15) is 38.3 Å². The lowest BCUT2D eigenvalue weighted by atomic mass is 9.98. The Labute approximate surface area is 118 Å². The van der Waals surface area contributed by atoms with Crippen LogP contribution in [0.2, 0.25) is 0 Å². The van der Waals surface area contributed by atoms with Crippen molar-refractivity contribution in [1.29, 1.82) is 0 Å². The zero-order valence-electron chi connectivity index (χ0n) is 11.6. The number of ether oxygens (including phenoxy) is 1. The summed E-state index contributed by atoms with van der Waals surface area (Å²) in [7, 11) is 0. The second kappa shape index (κ2) is 5.61. The van der Waals surface area contributed by atoms with Crippen LogP contribution in [0.25, 0.3) is 10.1 Å². The number of rotatable bonds is 4. The Balaban J connectivity index is 1.97. The zero-order valence-corrected chi connectivity index (χ0v) is 12.4. The normalized spacial score (nSPS) is 24.9. The molecule has 1 aliphatic heterocycles. The Morgan fingerprint density at radius 2 is 2.26 bits per heavy atom. The minimum atomic E-state index is 0.308. The summed E-state index contributed by atoms with van der Waals surface area (Å²) in [6.07, 6.45) is 3.03. The van der Waals surface area contributed by atoms with Crippen LogP contribution in [0.3, 0.4) is 0 Å². The van der Waals surface area contributed by atoms with Crippen LogP contribution in [0.4, 0.5) is 0 Å². The molecule has 3 atom stereocenters. The van der Waals surface area contributed by atoms with Gasteiger partial charge in [-0.2, -0.15) is 0 Å². The fourth-order valence-electron chi connectivity index (χ4n) is 3.00. The molecule has 3 heteroatoms. The molecule has 19 heavy (non-hydrogen) atoms. The van der Waals surface area contributed by atoms with E-state index in [0.717, 1.165) is 13.0 Å². The van der Waals surface area contributed by atoms with E-state index in [1.807, 2.05) is 11.3 Å². The number of hydrogen-bond donors (Lipinski definition) is 1. The maximum Gasteiger partial charge on any atom is 0.0774 e. The molecule has 1 aromatic heterocycles. The topological polar surface area (TPSA) is 21.3 Å². The number of fused-ring (bicyclic) bond motifs is 1. The SMILES string of the molecule is CCNC(c1cccc2ccsc12)C1CCC(C)O1. The minimum Gasteiger partial charge on any atom is -0.373 e. The van der Waals surface area contributed by atoms with E-state index < -0.39 is 0 Å². The van der Waals surface area contributed by atoms with Crippen LogP contribution in [0.5, 0.6) is 0 Å². The molecule has 0 saturated carbocycles. The van der Waals surface area contributed by atoms with Crippen molar-refractivity contribution in [2.75, 3.05) is 6.54 Å². The van der Waals surface area contributed by atoms with Gasteiger partial charge in [0, 0.05) is 4.70 Å². The van der Waals surface area contributed by atoms with Crippen LogP contribution in [-0.2, 0) is 4.74 Å². The molecule has 0 spiro atoms. The smallest absolute Gasteiger partial charge is 0.0774 e. The van der Waals surface area contributed by atoms with Crippen molar-refractivity contribution in [3.05, 3.63) is 35.2 Å². The van der Waals surface area contributed by atoms with Gasteiger partial charge in [0.2, 0.25) is 0 Å². The van der Waals surface area contributed by atoms with E-state index in [9.17, 15) is 0 Å². The third-order valence-corrected chi connectivity index (χ3v) is 4.88. The molecule has 3 unspecified atom stereocenters. The maximum atomic E-state index is 6.10. The summed E-state index contributed by atoms with van der Waals surface area (Å²) in [5, 5.41) is 7.14. The van der Waals surface area contributed by atoms with Crippen molar-refractivity contribution in [3.63, 3.8) is 0 Å². The Hall–Kier alpha value is -0.900. The first-order valence-corrected chi connectivity index (χ1v) is 8.02. The van der Waals surface area contributed by atoms with E-state index in [-0.39, 0.29) is 0 Å². The van der Waals surface area contributed by atoms with Gasteiger partial charge in [-0.1, -0.05) is 25.1 Å². The highest BCUT2D eigenvalue weighted by atomic mass is 32.1. The molecular weight excluding hydrogens is 254 g/mol. The van der Waals surface area contributed by atoms with Gasteiger partial charge in [0.05, 0.1) is 18.2 Å². The summed E-state index contributed by atoms with van der Waals surface area (Å²) in [6.45, 7) is 5.31. The summed E-state index contributed by atoms with van der Waals surface area (Å²) < 4.78 is 7.50. The molecular formula is C16H21NOS. The Morgan fingerprint density at radius 3 is 3.00 bits per heavy atom. The van der Waals surface area contributed by atoms with Crippen LogP contribution >= 0.6 is 11.3 Å². The molecule has 2 aromatic rings. The predicted molar refractivity (Wildman–Crippen MR) is 81.8 cm³/mol. The first-order valence-electron chi connectivity index (χ1n) is 7.14. The number of likely N-dealkylation sites (N-methyl/N-ethyl adjacent to an activating group) is 1. The monoisotopic (exact) mass is 275 g/mol. The molecule has 1 fully saturated rings. The predicted octanol–water partition coefficient (Wildman–Crippen LogP) is 4.12. The standard InChI is InChI=1S/C16H21NOS/c1-3-17-15(14-8-7-11(2)18-14)13-6-4-5-12-9-10-19-16(12)13/h4-6,9-11,14-15,17H,3,7-8H2,1-2H3. The number of hydrogen-bond acceptors (Lipinski definition) is 3. The van der Waals surface area contributed by atoms with Crippen LogP contribution in [0.15, 0.2) is 29.6 Å². The molecule has 1 saturated heterocycles. The van der Waals surface area contributed by atoms with Gasteiger partial charge in [-0.05, 0) is 48.7 Å². The second-order valence-electron chi connectivity index (χ2n) is 5.28. The lowest BCUT2D eigenvalue weighted by molar-refractivity contribution is 0.0323. The third kappa shape index (κ3) is 2.55. The summed E-state index contributed by atoms with van der Waals surface area (Å²) in [6, 6.07) is 9.12. The van der Waals surface area contributed by atoms with Crippen molar-refractivity contribution >= 4 is 21.4 Å². The number of nitrogens with one attached hydrogen (secondary N) is 1. The quantitative estimate of drug-likeness (QED) is 0.906. The maximum absolute atomic E-state index is 6.10. The Kier molecular flexibility index (Phi) is 3.87. The lowest BCUT2D eigenvalue weighted by Crippen LogP contribution is -2.32. The van der Waals surface area contributed by atoms with Crippen LogP contribution < -0.4 is 5.32 Å². The van der Waals surface area contributed by atoms with E-state index >= 15 is 0 Å². The summed E-state index contributed by atoms with van der Waals surface area (Å²) in [4.78, 5) is 0. The van der Waals surface area contributed by atoms with Crippen molar-refractivity contribution in [2.45, 2.75) is 44.9 Å². The largest absolute Gasteiger partial charge is 0.373 e. The zero-order chi connectivity index (χ0) is 13.2. The molecule has 3 rings (SSSR count). The second-order valence-corrected chi connectivity index (χ2v) is 6.20. The first kappa shape index (κ1) is 13.1. The summed E-state index contributed by atoms with van der Waals surface area (Å²) in [5.41, 5.74) is 1.40. The van der Waals surface area contributed by atoms with Crippen molar-refractivity contribution in [2.24, 2.45) is 0 Å². The lowest BCUT2D eigenvalue weighted by Gasteiger charge is -2.25. The highest BCUT2D eigenvalue weighted by Gasteiger charge is 2.31. The molecule has 0 aliphatic carbocycles. The molecule has 2 nitrogen and oxygen atoms in total. The molecule has 2 heterocycles. The molecule has 1 N–H and O–H groups in total. The van der Waals surface area contributed by atoms with Gasteiger partial charge in [0.1, 0.15) is 0 Å². The first-order chi connectivity index (χ1) is 9.29. The molecule has 1 aliphatic rings. The van der Waals surface area contributed by atoms with Gasteiger partial charge < -0.3 is 10.1 Å². The van der Waals surface area contributed by atoms with E-state index in [1.54, 1.807) is 0 Å². The Morgan fingerprint density at radius 1 is 1.37 bits per heavy atom. The van der Waals surface area contributed by atoms with Gasteiger partial charge in [-0.15, -0.1) is 11.3 Å². The van der Waals surface area contributed by atoms with Gasteiger partial charge in [-0.25, -0.2) is 0 Å². The third-order valence-electron chi connectivity index (χ3n) is 3.91. The van der Waals surface area contributed by atoms with Gasteiger partial charge in [-0.3, -0.25) is 0 Å². The number of thiophene rings is 1. The van der Waals surface area contributed by atoms with Gasteiger partial charge >= 0.3 is 0 Å². The van der Waals surface area contributed by atoms with E-state index in [4.69, 9.17) is 4.74 Å². The number of benzene rings is 1. The van der Waals surface area contributed by atoms with Crippen molar-refractivity contribution < 1.29 is 4.74 Å². The fraction of sp³-hybridized carbons (Fsp3) is 0.500. The highest BCUT2D eigenvalue weighted by Crippen LogP contribution is 2.35. The molecule has 1 aromatic carbocycles. The molecule has 0 amide bonds. The van der Waals surface area contributed by atoms with E-state index in [0.29, 0.717) is 18.2 Å². The van der Waals surface area contributed by atoms with Gasteiger partial charge in [0.15, 0.2) is 0 Å².